The van der Waals surface area contributed by atoms with Crippen molar-refractivity contribution in [2.24, 2.45) is 7.05 Å². The van der Waals surface area contributed by atoms with Gasteiger partial charge in [0.2, 0.25) is 0 Å². The van der Waals surface area contributed by atoms with Crippen LogP contribution in [0, 0.1) is 0 Å². The number of rotatable bonds is 2. The van der Waals surface area contributed by atoms with Crippen molar-refractivity contribution in [1.29, 1.82) is 0 Å². The average molecular weight is 310 g/mol. The SMILES string of the molecule is CC(C)c1c(N)c(=O)n(-c2cccc(Br)c2)n1C. The molecule has 1 heterocycles. The van der Waals surface area contributed by atoms with E-state index in [9.17, 15) is 4.79 Å². The van der Waals surface area contributed by atoms with E-state index >= 15 is 0 Å². The molecule has 0 aliphatic carbocycles. The summed E-state index contributed by atoms with van der Waals surface area (Å²) >= 11 is 3.41. The third-order valence-corrected chi connectivity index (χ3v) is 3.44. The van der Waals surface area contributed by atoms with Crippen molar-refractivity contribution >= 4 is 21.6 Å². The zero-order chi connectivity index (χ0) is 13.4. The van der Waals surface area contributed by atoms with E-state index in [1.54, 1.807) is 4.68 Å². The number of hydrogen-bond acceptors (Lipinski definition) is 2. The van der Waals surface area contributed by atoms with Crippen LogP contribution in [0.15, 0.2) is 33.5 Å². The van der Waals surface area contributed by atoms with Crippen LogP contribution in [0.1, 0.15) is 25.5 Å². The van der Waals surface area contributed by atoms with Gasteiger partial charge in [0, 0.05) is 11.5 Å². The van der Waals surface area contributed by atoms with Gasteiger partial charge in [-0.3, -0.25) is 9.48 Å². The number of aromatic nitrogens is 2. The van der Waals surface area contributed by atoms with Crippen molar-refractivity contribution in [3.05, 3.63) is 44.8 Å². The highest BCUT2D eigenvalue weighted by Crippen LogP contribution is 2.21. The molecule has 2 aromatic rings. The molecule has 1 aromatic heterocycles. The van der Waals surface area contributed by atoms with E-state index in [1.807, 2.05) is 49.8 Å². The van der Waals surface area contributed by atoms with Crippen LogP contribution in [0.25, 0.3) is 5.69 Å². The van der Waals surface area contributed by atoms with Gasteiger partial charge in [0.1, 0.15) is 5.69 Å². The van der Waals surface area contributed by atoms with Crippen LogP contribution in [0.4, 0.5) is 5.69 Å². The van der Waals surface area contributed by atoms with E-state index < -0.39 is 0 Å². The summed E-state index contributed by atoms with van der Waals surface area (Å²) in [5.74, 6) is 0.205. The van der Waals surface area contributed by atoms with Gasteiger partial charge in [-0.15, -0.1) is 0 Å². The summed E-state index contributed by atoms with van der Waals surface area (Å²) < 4.78 is 4.34. The first-order valence-electron chi connectivity index (χ1n) is 5.76. The topological polar surface area (TPSA) is 53.0 Å². The van der Waals surface area contributed by atoms with Crippen LogP contribution >= 0.6 is 15.9 Å². The van der Waals surface area contributed by atoms with E-state index in [1.165, 1.54) is 0 Å². The van der Waals surface area contributed by atoms with Crippen LogP contribution in [0.5, 0.6) is 0 Å². The smallest absolute Gasteiger partial charge is 0.294 e. The predicted molar refractivity (Wildman–Crippen MR) is 77.2 cm³/mol. The van der Waals surface area contributed by atoms with E-state index in [0.717, 1.165) is 15.9 Å². The Morgan fingerprint density at radius 1 is 1.33 bits per heavy atom. The number of halogens is 1. The number of anilines is 1. The van der Waals surface area contributed by atoms with Crippen LogP contribution in [0.2, 0.25) is 0 Å². The maximum absolute atomic E-state index is 12.2. The lowest BCUT2D eigenvalue weighted by atomic mass is 10.1. The van der Waals surface area contributed by atoms with Crippen LogP contribution in [-0.2, 0) is 7.05 Å². The molecular formula is C13H16BrN3O. The Bertz CT molecular complexity index is 640. The highest BCUT2D eigenvalue weighted by Gasteiger charge is 2.18. The maximum atomic E-state index is 12.2. The molecular weight excluding hydrogens is 294 g/mol. The first-order valence-corrected chi connectivity index (χ1v) is 6.56. The lowest BCUT2D eigenvalue weighted by Crippen LogP contribution is -2.20. The molecule has 0 saturated heterocycles. The lowest BCUT2D eigenvalue weighted by Gasteiger charge is -2.12. The second-order valence-electron chi connectivity index (χ2n) is 4.57. The second-order valence-corrected chi connectivity index (χ2v) is 5.49. The summed E-state index contributed by atoms with van der Waals surface area (Å²) in [7, 11) is 1.86. The van der Waals surface area contributed by atoms with Gasteiger partial charge in [-0.25, -0.2) is 4.68 Å². The van der Waals surface area contributed by atoms with E-state index in [4.69, 9.17) is 5.73 Å². The molecule has 18 heavy (non-hydrogen) atoms. The molecule has 0 bridgehead atoms. The zero-order valence-corrected chi connectivity index (χ0v) is 12.2. The van der Waals surface area contributed by atoms with Gasteiger partial charge in [0.05, 0.1) is 11.4 Å². The Morgan fingerprint density at radius 3 is 2.50 bits per heavy atom. The third-order valence-electron chi connectivity index (χ3n) is 2.95. The largest absolute Gasteiger partial charge is 0.393 e. The molecule has 0 spiro atoms. The Balaban J connectivity index is 2.74. The molecule has 0 unspecified atom stereocenters. The molecule has 5 heteroatoms. The third kappa shape index (κ3) is 1.99. The van der Waals surface area contributed by atoms with Gasteiger partial charge in [-0.1, -0.05) is 35.8 Å². The standard InChI is InChI=1S/C13H16BrN3O/c1-8(2)12-11(15)13(18)17(16(12)3)10-6-4-5-9(14)7-10/h4-8H,15H2,1-3H3. The summed E-state index contributed by atoms with van der Waals surface area (Å²) in [5, 5.41) is 0. The monoisotopic (exact) mass is 309 g/mol. The Labute approximate surface area is 114 Å². The molecule has 2 N–H and O–H groups in total. The molecule has 1 aromatic carbocycles. The predicted octanol–water partition coefficient (Wildman–Crippen LogP) is 2.64. The minimum atomic E-state index is -0.167. The van der Waals surface area contributed by atoms with E-state index in [2.05, 4.69) is 15.9 Å². The highest BCUT2D eigenvalue weighted by molar-refractivity contribution is 9.10. The van der Waals surface area contributed by atoms with Crippen LogP contribution < -0.4 is 11.3 Å². The van der Waals surface area contributed by atoms with E-state index in [0.29, 0.717) is 5.69 Å². The number of nitrogens with zero attached hydrogens (tertiary/aromatic N) is 2. The fourth-order valence-corrected chi connectivity index (χ4v) is 2.61. The molecule has 0 saturated carbocycles. The summed E-state index contributed by atoms with van der Waals surface area (Å²) in [5.41, 5.74) is 7.74. The van der Waals surface area contributed by atoms with Crippen LogP contribution in [0.3, 0.4) is 0 Å². The zero-order valence-electron chi connectivity index (χ0n) is 10.6. The Morgan fingerprint density at radius 2 is 2.00 bits per heavy atom. The molecule has 0 aliphatic heterocycles. The molecule has 96 valence electrons. The number of hydrogen-bond donors (Lipinski definition) is 1. The van der Waals surface area contributed by atoms with Gasteiger partial charge in [0.25, 0.3) is 5.56 Å². The number of benzene rings is 1. The fraction of sp³-hybridized carbons (Fsp3) is 0.308. The first-order chi connectivity index (χ1) is 8.43. The van der Waals surface area contributed by atoms with E-state index in [-0.39, 0.29) is 11.5 Å². The summed E-state index contributed by atoms with van der Waals surface area (Å²) in [6.07, 6.45) is 0. The van der Waals surface area contributed by atoms with Crippen molar-refractivity contribution in [2.75, 3.05) is 5.73 Å². The van der Waals surface area contributed by atoms with Crippen molar-refractivity contribution in [1.82, 2.24) is 9.36 Å². The van der Waals surface area contributed by atoms with Crippen molar-refractivity contribution < 1.29 is 0 Å². The molecule has 0 atom stereocenters. The maximum Gasteiger partial charge on any atom is 0.294 e. The molecule has 0 amide bonds. The highest BCUT2D eigenvalue weighted by atomic mass is 79.9. The fourth-order valence-electron chi connectivity index (χ4n) is 2.22. The van der Waals surface area contributed by atoms with Crippen LogP contribution in [-0.4, -0.2) is 9.36 Å². The van der Waals surface area contributed by atoms with Gasteiger partial charge in [-0.05, 0) is 24.1 Å². The Hall–Kier alpha value is -1.49. The second kappa shape index (κ2) is 4.65. The normalized spacial score (nSPS) is 11.2. The number of nitrogen functional groups attached to an aromatic ring is 1. The van der Waals surface area contributed by atoms with Gasteiger partial charge < -0.3 is 5.73 Å². The summed E-state index contributed by atoms with van der Waals surface area (Å²) in [4.78, 5) is 12.2. The molecule has 0 fully saturated rings. The first kappa shape index (κ1) is 13.0. The minimum absolute atomic E-state index is 0.167. The van der Waals surface area contributed by atoms with Gasteiger partial charge in [0.15, 0.2) is 0 Å². The van der Waals surface area contributed by atoms with Crippen molar-refractivity contribution in [3.63, 3.8) is 0 Å². The minimum Gasteiger partial charge on any atom is -0.393 e. The van der Waals surface area contributed by atoms with Crippen molar-refractivity contribution in [3.8, 4) is 5.69 Å². The average Bonchev–Trinajstić information content (AvgIpc) is 2.50. The molecule has 0 radical (unpaired) electrons. The number of nitrogens with two attached hydrogens (primary N) is 1. The lowest BCUT2D eigenvalue weighted by molar-refractivity contribution is 0.595. The van der Waals surface area contributed by atoms with Gasteiger partial charge in [-0.2, -0.15) is 0 Å². The molecule has 2 rings (SSSR count). The van der Waals surface area contributed by atoms with Gasteiger partial charge >= 0.3 is 0 Å². The Kier molecular flexibility index (Phi) is 3.34. The summed E-state index contributed by atoms with van der Waals surface area (Å²) in [6.45, 7) is 4.05. The quantitative estimate of drug-likeness (QED) is 0.927. The molecule has 0 aliphatic rings. The molecule has 4 nitrogen and oxygen atoms in total. The summed E-state index contributed by atoms with van der Waals surface area (Å²) in [6, 6.07) is 7.59. The van der Waals surface area contributed by atoms with Crippen molar-refractivity contribution in [2.45, 2.75) is 19.8 Å².